The van der Waals surface area contributed by atoms with Gasteiger partial charge in [-0.1, -0.05) is 24.6 Å². The van der Waals surface area contributed by atoms with Gasteiger partial charge in [-0.2, -0.15) is 0 Å². The number of benzene rings is 1. The van der Waals surface area contributed by atoms with Crippen LogP contribution in [0.15, 0.2) is 18.2 Å². The minimum atomic E-state index is -0.407. The second kappa shape index (κ2) is 6.52. The average molecular weight is 326 g/mol. The lowest BCUT2D eigenvalue weighted by atomic mass is 9.97. The van der Waals surface area contributed by atoms with Gasteiger partial charge in [0, 0.05) is 25.7 Å². The molecule has 4 nitrogen and oxygen atoms in total. The first-order valence-corrected chi connectivity index (χ1v) is 8.18. The summed E-state index contributed by atoms with van der Waals surface area (Å²) in [5, 5.41) is 6.39. The van der Waals surface area contributed by atoms with Crippen LogP contribution in [-0.2, 0) is 4.79 Å². The second-order valence-electron chi connectivity index (χ2n) is 6.01. The molecular formula is C16H21ClFN3O. The molecule has 22 heavy (non-hydrogen) atoms. The molecule has 0 spiro atoms. The molecule has 2 saturated heterocycles. The van der Waals surface area contributed by atoms with E-state index in [1.807, 2.05) is 6.07 Å². The smallest absolute Gasteiger partial charge is 0.225 e. The van der Waals surface area contributed by atoms with E-state index >= 15 is 0 Å². The number of hydrogen-bond acceptors (Lipinski definition) is 3. The van der Waals surface area contributed by atoms with Crippen LogP contribution in [0.4, 0.5) is 4.39 Å². The van der Waals surface area contributed by atoms with Gasteiger partial charge < -0.3 is 10.6 Å². The molecule has 2 unspecified atom stereocenters. The maximum absolute atomic E-state index is 13.8. The fraction of sp³-hybridized carbons (Fsp3) is 0.562. The van der Waals surface area contributed by atoms with Gasteiger partial charge in [-0.05, 0) is 30.7 Å². The predicted octanol–water partition coefficient (Wildman–Crippen LogP) is 1.95. The van der Waals surface area contributed by atoms with Gasteiger partial charge in [0.25, 0.3) is 0 Å². The topological polar surface area (TPSA) is 44.4 Å². The molecule has 2 atom stereocenters. The van der Waals surface area contributed by atoms with Gasteiger partial charge in [-0.3, -0.25) is 9.69 Å². The lowest BCUT2D eigenvalue weighted by Crippen LogP contribution is -2.53. The minimum Gasteiger partial charge on any atom is -0.351 e. The van der Waals surface area contributed by atoms with Gasteiger partial charge in [0.1, 0.15) is 5.82 Å². The van der Waals surface area contributed by atoms with Crippen molar-refractivity contribution in [3.05, 3.63) is 34.6 Å². The zero-order valence-electron chi connectivity index (χ0n) is 12.6. The van der Waals surface area contributed by atoms with Crippen LogP contribution < -0.4 is 10.6 Å². The monoisotopic (exact) mass is 325 g/mol. The molecule has 0 saturated carbocycles. The first-order valence-electron chi connectivity index (χ1n) is 7.80. The van der Waals surface area contributed by atoms with E-state index < -0.39 is 5.82 Å². The molecule has 6 heteroatoms. The van der Waals surface area contributed by atoms with Crippen LogP contribution in [0.25, 0.3) is 0 Å². The Balaban J connectivity index is 1.79. The number of halogens is 2. The van der Waals surface area contributed by atoms with Crippen LogP contribution in [0.1, 0.15) is 24.9 Å². The average Bonchev–Trinajstić information content (AvgIpc) is 2.82. The molecule has 2 aliphatic heterocycles. The van der Waals surface area contributed by atoms with Crippen LogP contribution in [0, 0.1) is 11.7 Å². The minimum absolute atomic E-state index is 0.00810. The summed E-state index contributed by atoms with van der Waals surface area (Å²) in [4.78, 5) is 14.5. The quantitative estimate of drug-likeness (QED) is 0.889. The Morgan fingerprint density at radius 3 is 2.86 bits per heavy atom. The molecular weight excluding hydrogens is 305 g/mol. The number of carbonyl (C=O) groups is 1. The Hall–Kier alpha value is -1.17. The molecule has 0 aromatic heterocycles. The van der Waals surface area contributed by atoms with Crippen molar-refractivity contribution in [2.24, 2.45) is 5.92 Å². The molecule has 2 N–H and O–H groups in total. The summed E-state index contributed by atoms with van der Waals surface area (Å²) >= 11 is 5.78. The Labute approximate surface area is 135 Å². The van der Waals surface area contributed by atoms with Crippen molar-refractivity contribution >= 4 is 17.5 Å². The fourth-order valence-electron chi connectivity index (χ4n) is 3.28. The van der Waals surface area contributed by atoms with Crippen LogP contribution in [0.2, 0.25) is 5.02 Å². The lowest BCUT2D eigenvalue weighted by molar-refractivity contribution is -0.127. The van der Waals surface area contributed by atoms with E-state index in [1.165, 1.54) is 6.07 Å². The summed E-state index contributed by atoms with van der Waals surface area (Å²) < 4.78 is 13.8. The highest BCUT2D eigenvalue weighted by atomic mass is 35.5. The highest BCUT2D eigenvalue weighted by Gasteiger charge is 2.37. The third-order valence-corrected chi connectivity index (χ3v) is 4.98. The highest BCUT2D eigenvalue weighted by molar-refractivity contribution is 6.30. The molecule has 2 aliphatic rings. The maximum Gasteiger partial charge on any atom is 0.225 e. The molecule has 3 rings (SSSR count). The summed E-state index contributed by atoms with van der Waals surface area (Å²) in [5.74, 6) is -0.241. The first-order chi connectivity index (χ1) is 10.6. The third kappa shape index (κ3) is 2.98. The van der Waals surface area contributed by atoms with Crippen molar-refractivity contribution in [1.82, 2.24) is 15.5 Å². The van der Waals surface area contributed by atoms with Gasteiger partial charge in [0.2, 0.25) is 5.91 Å². The zero-order chi connectivity index (χ0) is 15.7. The Kier molecular flexibility index (Phi) is 4.66. The fourth-order valence-corrected chi connectivity index (χ4v) is 3.39. The summed E-state index contributed by atoms with van der Waals surface area (Å²) in [6, 6.07) is 4.97. The molecule has 1 amide bonds. The molecule has 120 valence electrons. The number of carbonyl (C=O) groups excluding carboxylic acids is 1. The number of rotatable bonds is 4. The van der Waals surface area contributed by atoms with Crippen molar-refractivity contribution in [2.75, 3.05) is 26.2 Å². The van der Waals surface area contributed by atoms with Gasteiger partial charge >= 0.3 is 0 Å². The van der Waals surface area contributed by atoms with Gasteiger partial charge in [0.05, 0.1) is 17.0 Å². The van der Waals surface area contributed by atoms with E-state index in [0.717, 1.165) is 38.2 Å². The van der Waals surface area contributed by atoms with Gasteiger partial charge in [-0.15, -0.1) is 0 Å². The van der Waals surface area contributed by atoms with Crippen LogP contribution in [0.3, 0.4) is 0 Å². The number of hydrogen-bond donors (Lipinski definition) is 2. The van der Waals surface area contributed by atoms with Crippen molar-refractivity contribution in [3.8, 4) is 0 Å². The lowest BCUT2D eigenvalue weighted by Gasteiger charge is -2.31. The summed E-state index contributed by atoms with van der Waals surface area (Å²) in [5.41, 5.74) is 0.873. The number of likely N-dealkylation sites (tertiary alicyclic amines) is 1. The van der Waals surface area contributed by atoms with Crippen LogP contribution in [-0.4, -0.2) is 43.0 Å². The first kappa shape index (κ1) is 15.7. The normalized spacial score (nSPS) is 26.0. The standard InChI is InChI=1S/C16H21ClFN3O/c1-2-21-6-5-14(20-16(22)11-8-19-9-11)15(21)10-3-4-12(17)13(18)7-10/h3-4,7,11,14-15,19H,2,5-6,8-9H2,1H3,(H,20,22). The number of nitrogens with zero attached hydrogens (tertiary/aromatic N) is 1. The molecule has 0 aliphatic carbocycles. The third-order valence-electron chi connectivity index (χ3n) is 4.67. The predicted molar refractivity (Wildman–Crippen MR) is 84.3 cm³/mol. The molecule has 0 bridgehead atoms. The number of amides is 1. The van der Waals surface area contributed by atoms with E-state index in [-0.39, 0.29) is 28.9 Å². The van der Waals surface area contributed by atoms with E-state index in [1.54, 1.807) is 6.07 Å². The summed E-state index contributed by atoms with van der Waals surface area (Å²) in [7, 11) is 0. The number of nitrogens with one attached hydrogen (secondary N) is 2. The maximum atomic E-state index is 13.8. The van der Waals surface area contributed by atoms with E-state index in [2.05, 4.69) is 22.5 Å². The summed E-state index contributed by atoms with van der Waals surface area (Å²) in [6.45, 7) is 5.34. The van der Waals surface area contributed by atoms with Crippen molar-refractivity contribution in [3.63, 3.8) is 0 Å². The van der Waals surface area contributed by atoms with E-state index in [4.69, 9.17) is 11.6 Å². The highest BCUT2D eigenvalue weighted by Crippen LogP contribution is 2.33. The van der Waals surface area contributed by atoms with Gasteiger partial charge in [0.15, 0.2) is 0 Å². The summed E-state index contributed by atoms with van der Waals surface area (Å²) in [6.07, 6.45) is 0.884. The Morgan fingerprint density at radius 1 is 1.50 bits per heavy atom. The van der Waals surface area contributed by atoms with Crippen molar-refractivity contribution < 1.29 is 9.18 Å². The molecule has 2 fully saturated rings. The molecule has 2 heterocycles. The molecule has 0 radical (unpaired) electrons. The molecule has 1 aromatic rings. The number of likely N-dealkylation sites (N-methyl/N-ethyl adjacent to an activating group) is 1. The molecule has 1 aromatic carbocycles. The van der Waals surface area contributed by atoms with Crippen molar-refractivity contribution in [2.45, 2.75) is 25.4 Å². The zero-order valence-corrected chi connectivity index (χ0v) is 13.4. The Bertz CT molecular complexity index is 564. The SMILES string of the molecule is CCN1CCC(NC(=O)C2CNC2)C1c1ccc(Cl)c(F)c1. The van der Waals surface area contributed by atoms with Gasteiger partial charge in [-0.25, -0.2) is 4.39 Å². The second-order valence-corrected chi connectivity index (χ2v) is 6.41. The van der Waals surface area contributed by atoms with E-state index in [9.17, 15) is 9.18 Å². The largest absolute Gasteiger partial charge is 0.351 e. The van der Waals surface area contributed by atoms with Crippen molar-refractivity contribution in [1.29, 1.82) is 0 Å². The van der Waals surface area contributed by atoms with Crippen LogP contribution >= 0.6 is 11.6 Å². The van der Waals surface area contributed by atoms with E-state index in [0.29, 0.717) is 0 Å². The van der Waals surface area contributed by atoms with Crippen LogP contribution in [0.5, 0.6) is 0 Å². The Morgan fingerprint density at radius 2 is 2.27 bits per heavy atom.